The lowest BCUT2D eigenvalue weighted by molar-refractivity contribution is 0.0378. The molecule has 6 nitrogen and oxygen atoms in total. The number of nitrogens with one attached hydrogen (secondary N) is 1. The highest BCUT2D eigenvalue weighted by molar-refractivity contribution is 6.33. The van der Waals surface area contributed by atoms with Crippen LogP contribution in [0, 0.1) is 0 Å². The van der Waals surface area contributed by atoms with Gasteiger partial charge in [-0.2, -0.15) is 0 Å². The second kappa shape index (κ2) is 6.88. The first-order valence-corrected chi connectivity index (χ1v) is 8.64. The van der Waals surface area contributed by atoms with E-state index in [0.717, 1.165) is 17.4 Å². The van der Waals surface area contributed by atoms with Crippen molar-refractivity contribution in [3.8, 4) is 5.69 Å². The number of hydrogen-bond donors (Lipinski definition) is 1. The van der Waals surface area contributed by atoms with Crippen molar-refractivity contribution in [1.82, 2.24) is 9.55 Å². The molecule has 0 amide bonds. The van der Waals surface area contributed by atoms with Gasteiger partial charge in [0, 0.05) is 11.3 Å². The van der Waals surface area contributed by atoms with Crippen molar-refractivity contribution in [2.45, 2.75) is 45.6 Å². The molecule has 1 aliphatic rings. The van der Waals surface area contributed by atoms with E-state index in [9.17, 15) is 14.4 Å². The molecule has 1 heterocycles. The van der Waals surface area contributed by atoms with Crippen molar-refractivity contribution in [1.29, 1.82) is 0 Å². The molecule has 132 valence electrons. The van der Waals surface area contributed by atoms with Gasteiger partial charge in [0.2, 0.25) is 0 Å². The Balaban J connectivity index is 2.13. The van der Waals surface area contributed by atoms with Crippen LogP contribution in [-0.4, -0.2) is 21.6 Å². The number of aryl methyl sites for hydroxylation is 1. The minimum Gasteiger partial charge on any atom is -0.459 e. The van der Waals surface area contributed by atoms with Crippen molar-refractivity contribution >= 4 is 17.6 Å². The van der Waals surface area contributed by atoms with Gasteiger partial charge in [0.05, 0.1) is 22.4 Å². The van der Waals surface area contributed by atoms with Gasteiger partial charge in [0.1, 0.15) is 0 Å². The first-order valence-electron chi connectivity index (χ1n) is 8.26. The maximum Gasteiger partial charge on any atom is 0.339 e. The number of H-pyrrole nitrogens is 1. The number of aromatic nitrogens is 2. The summed E-state index contributed by atoms with van der Waals surface area (Å²) in [6.07, 6.45) is 2.91. The van der Waals surface area contributed by atoms with E-state index in [1.54, 1.807) is 19.9 Å². The summed E-state index contributed by atoms with van der Waals surface area (Å²) in [5.41, 5.74) is 0.898. The minimum absolute atomic E-state index is 0.122. The van der Waals surface area contributed by atoms with E-state index in [0.29, 0.717) is 29.8 Å². The van der Waals surface area contributed by atoms with Crippen LogP contribution in [0.15, 0.2) is 27.8 Å². The monoisotopic (exact) mass is 362 g/mol. The smallest absolute Gasteiger partial charge is 0.339 e. The molecule has 0 fully saturated rings. The molecule has 3 rings (SSSR count). The standard InChI is InChI=1S/C18H19ClN2O4/c1-10(2)25-17(23)13-9-11(7-8-14(13)19)21-16(22)12-5-3-4-6-15(12)20-18(21)24/h7-10H,3-6H2,1-2H3,(H,20,24). The Bertz CT molecular complexity index is 943. The molecular formula is C18H19ClN2O4. The number of carbonyl (C=O) groups excluding carboxylic acids is 1. The molecule has 25 heavy (non-hydrogen) atoms. The van der Waals surface area contributed by atoms with E-state index in [-0.39, 0.29) is 22.2 Å². The third kappa shape index (κ3) is 3.39. The van der Waals surface area contributed by atoms with Crippen LogP contribution in [0.3, 0.4) is 0 Å². The number of nitrogens with zero attached hydrogens (tertiary/aromatic N) is 1. The molecule has 1 N–H and O–H groups in total. The van der Waals surface area contributed by atoms with Crippen LogP contribution in [0.2, 0.25) is 5.02 Å². The second-order valence-corrected chi connectivity index (χ2v) is 6.76. The van der Waals surface area contributed by atoms with Crippen molar-refractivity contribution in [2.24, 2.45) is 0 Å². The predicted octanol–water partition coefficient (Wildman–Crippen LogP) is 2.62. The molecular weight excluding hydrogens is 344 g/mol. The van der Waals surface area contributed by atoms with Crippen molar-refractivity contribution in [2.75, 3.05) is 0 Å². The van der Waals surface area contributed by atoms with Gasteiger partial charge in [-0.05, 0) is 57.7 Å². The van der Waals surface area contributed by atoms with Gasteiger partial charge < -0.3 is 9.72 Å². The number of ether oxygens (including phenoxy) is 1. The largest absolute Gasteiger partial charge is 0.459 e. The number of esters is 1. The lowest BCUT2D eigenvalue weighted by atomic mass is 9.97. The van der Waals surface area contributed by atoms with E-state index in [4.69, 9.17) is 16.3 Å². The molecule has 1 aliphatic carbocycles. The van der Waals surface area contributed by atoms with E-state index in [1.807, 2.05) is 0 Å². The zero-order valence-electron chi connectivity index (χ0n) is 14.1. The highest BCUT2D eigenvalue weighted by atomic mass is 35.5. The first-order chi connectivity index (χ1) is 11.9. The fourth-order valence-corrected chi connectivity index (χ4v) is 3.21. The summed E-state index contributed by atoms with van der Waals surface area (Å²) in [7, 11) is 0. The molecule has 0 saturated carbocycles. The van der Waals surface area contributed by atoms with Crippen LogP contribution in [-0.2, 0) is 17.6 Å². The Morgan fingerprint density at radius 3 is 2.68 bits per heavy atom. The number of carbonyl (C=O) groups is 1. The van der Waals surface area contributed by atoms with Crippen LogP contribution in [0.25, 0.3) is 5.69 Å². The van der Waals surface area contributed by atoms with E-state index < -0.39 is 11.7 Å². The maximum absolute atomic E-state index is 12.8. The normalized spacial score (nSPS) is 13.6. The molecule has 7 heteroatoms. The number of hydrogen-bond acceptors (Lipinski definition) is 4. The zero-order chi connectivity index (χ0) is 18.1. The SMILES string of the molecule is CC(C)OC(=O)c1cc(-n2c(=O)[nH]c3c(c2=O)CCCC3)ccc1Cl. The highest BCUT2D eigenvalue weighted by Gasteiger charge is 2.20. The summed E-state index contributed by atoms with van der Waals surface area (Å²) >= 11 is 6.08. The van der Waals surface area contributed by atoms with Crippen molar-refractivity contribution in [3.05, 3.63) is 60.9 Å². The lowest BCUT2D eigenvalue weighted by Crippen LogP contribution is -2.38. The quantitative estimate of drug-likeness (QED) is 0.851. The number of benzene rings is 1. The fourth-order valence-electron chi connectivity index (χ4n) is 3.01. The Kier molecular flexibility index (Phi) is 4.81. The minimum atomic E-state index is -0.593. The maximum atomic E-state index is 12.8. The topological polar surface area (TPSA) is 81.2 Å². The number of aromatic amines is 1. The average molecular weight is 363 g/mol. The Morgan fingerprint density at radius 2 is 1.96 bits per heavy atom. The summed E-state index contributed by atoms with van der Waals surface area (Å²) in [4.78, 5) is 40.2. The molecule has 0 atom stereocenters. The lowest BCUT2D eigenvalue weighted by Gasteiger charge is -2.16. The third-order valence-electron chi connectivity index (χ3n) is 4.16. The fraction of sp³-hybridized carbons (Fsp3) is 0.389. The summed E-state index contributed by atoms with van der Waals surface area (Å²) in [5.74, 6) is -0.593. The van der Waals surface area contributed by atoms with Gasteiger partial charge >= 0.3 is 11.7 Å². The van der Waals surface area contributed by atoms with Crippen LogP contribution < -0.4 is 11.2 Å². The Labute approximate surface area is 149 Å². The summed E-state index contributed by atoms with van der Waals surface area (Å²) in [6.45, 7) is 3.46. The van der Waals surface area contributed by atoms with E-state index in [2.05, 4.69) is 4.98 Å². The molecule has 0 aliphatic heterocycles. The Hall–Kier alpha value is -2.34. The van der Waals surface area contributed by atoms with Gasteiger partial charge in [-0.15, -0.1) is 0 Å². The molecule has 0 bridgehead atoms. The molecule has 0 radical (unpaired) electrons. The average Bonchev–Trinajstić information content (AvgIpc) is 2.55. The van der Waals surface area contributed by atoms with Gasteiger partial charge in [-0.3, -0.25) is 4.79 Å². The predicted molar refractivity (Wildman–Crippen MR) is 94.9 cm³/mol. The van der Waals surface area contributed by atoms with Crippen LogP contribution in [0.5, 0.6) is 0 Å². The zero-order valence-corrected chi connectivity index (χ0v) is 14.9. The summed E-state index contributed by atoms with van der Waals surface area (Å²) in [5, 5.41) is 0.205. The third-order valence-corrected chi connectivity index (χ3v) is 4.49. The van der Waals surface area contributed by atoms with E-state index >= 15 is 0 Å². The first kappa shape index (κ1) is 17.5. The van der Waals surface area contributed by atoms with Crippen molar-refractivity contribution < 1.29 is 9.53 Å². The van der Waals surface area contributed by atoms with Crippen LogP contribution in [0.4, 0.5) is 0 Å². The van der Waals surface area contributed by atoms with Gasteiger partial charge in [0.25, 0.3) is 5.56 Å². The van der Waals surface area contributed by atoms with Crippen molar-refractivity contribution in [3.63, 3.8) is 0 Å². The molecule has 0 saturated heterocycles. The van der Waals surface area contributed by atoms with Gasteiger partial charge in [-0.1, -0.05) is 11.6 Å². The highest BCUT2D eigenvalue weighted by Crippen LogP contribution is 2.21. The number of halogens is 1. The molecule has 2 aromatic rings. The molecule has 1 aromatic carbocycles. The Morgan fingerprint density at radius 1 is 1.24 bits per heavy atom. The molecule has 0 unspecified atom stereocenters. The number of rotatable bonds is 3. The molecule has 0 spiro atoms. The van der Waals surface area contributed by atoms with Gasteiger partial charge in [0.15, 0.2) is 0 Å². The van der Waals surface area contributed by atoms with Crippen LogP contribution >= 0.6 is 11.6 Å². The summed E-state index contributed by atoms with van der Waals surface area (Å²) < 4.78 is 6.21. The number of fused-ring (bicyclic) bond motifs is 1. The van der Waals surface area contributed by atoms with E-state index in [1.165, 1.54) is 12.1 Å². The van der Waals surface area contributed by atoms with Crippen LogP contribution in [0.1, 0.15) is 48.3 Å². The summed E-state index contributed by atoms with van der Waals surface area (Å²) in [6, 6.07) is 4.44. The van der Waals surface area contributed by atoms with Gasteiger partial charge in [-0.25, -0.2) is 14.2 Å². The molecule has 1 aromatic heterocycles. The second-order valence-electron chi connectivity index (χ2n) is 6.35.